The molecule has 0 bridgehead atoms. The van der Waals surface area contributed by atoms with Gasteiger partial charge in [-0.1, -0.05) is 6.07 Å². The molecule has 27 heavy (non-hydrogen) atoms. The van der Waals surface area contributed by atoms with Gasteiger partial charge < -0.3 is 19.9 Å². The molecule has 7 nitrogen and oxygen atoms in total. The van der Waals surface area contributed by atoms with Gasteiger partial charge in [-0.3, -0.25) is 4.79 Å². The summed E-state index contributed by atoms with van der Waals surface area (Å²) >= 11 is 0. The van der Waals surface area contributed by atoms with E-state index in [2.05, 4.69) is 5.32 Å². The normalized spacial score (nSPS) is 17.7. The highest BCUT2D eigenvalue weighted by Gasteiger charge is 2.27. The van der Waals surface area contributed by atoms with E-state index in [4.69, 9.17) is 4.74 Å². The van der Waals surface area contributed by atoms with E-state index in [0.717, 1.165) is 38.8 Å². The van der Waals surface area contributed by atoms with Crippen molar-refractivity contribution in [2.75, 3.05) is 38.6 Å². The fourth-order valence-electron chi connectivity index (χ4n) is 3.73. The first-order valence-electron chi connectivity index (χ1n) is 9.59. The third-order valence-corrected chi connectivity index (χ3v) is 5.36. The number of benzene rings is 1. The quantitative estimate of drug-likeness (QED) is 0.823. The van der Waals surface area contributed by atoms with E-state index >= 15 is 0 Å². The molecule has 2 saturated heterocycles. The van der Waals surface area contributed by atoms with Crippen LogP contribution in [0, 0.1) is 5.92 Å². The SMILES string of the molecule is COC(=O)c1cccc(NC(=O)N2CCC(CC(=O)N3CCCC3)CC2)c1. The highest BCUT2D eigenvalue weighted by molar-refractivity contribution is 5.93. The third kappa shape index (κ3) is 4.99. The van der Waals surface area contributed by atoms with Crippen molar-refractivity contribution in [1.29, 1.82) is 0 Å². The number of hydrogen-bond acceptors (Lipinski definition) is 4. The molecule has 0 atom stereocenters. The van der Waals surface area contributed by atoms with Crippen molar-refractivity contribution in [3.05, 3.63) is 29.8 Å². The first-order chi connectivity index (χ1) is 13.1. The molecule has 0 aromatic heterocycles. The van der Waals surface area contributed by atoms with Crippen LogP contribution in [0.1, 0.15) is 42.5 Å². The number of hydrogen-bond donors (Lipinski definition) is 1. The zero-order valence-electron chi connectivity index (χ0n) is 15.8. The fraction of sp³-hybridized carbons (Fsp3) is 0.550. The molecule has 2 heterocycles. The van der Waals surface area contributed by atoms with Crippen LogP contribution in [-0.4, -0.2) is 61.0 Å². The van der Waals surface area contributed by atoms with Crippen LogP contribution in [0.3, 0.4) is 0 Å². The molecule has 3 amide bonds. The van der Waals surface area contributed by atoms with Gasteiger partial charge in [0.05, 0.1) is 12.7 Å². The van der Waals surface area contributed by atoms with Crippen molar-refractivity contribution in [2.24, 2.45) is 5.92 Å². The number of likely N-dealkylation sites (tertiary alicyclic amines) is 2. The summed E-state index contributed by atoms with van der Waals surface area (Å²) in [6.45, 7) is 3.07. The molecule has 0 radical (unpaired) electrons. The van der Waals surface area contributed by atoms with Gasteiger partial charge in [0, 0.05) is 38.3 Å². The van der Waals surface area contributed by atoms with E-state index < -0.39 is 5.97 Å². The van der Waals surface area contributed by atoms with Gasteiger partial charge in [0.1, 0.15) is 0 Å². The topological polar surface area (TPSA) is 79.0 Å². The second-order valence-corrected chi connectivity index (χ2v) is 7.22. The lowest BCUT2D eigenvalue weighted by Crippen LogP contribution is -2.42. The standard InChI is InChI=1S/C20H27N3O4/c1-27-19(25)16-5-4-6-17(14-16)21-20(26)23-11-7-15(8-12-23)13-18(24)22-9-2-3-10-22/h4-6,14-15H,2-3,7-13H2,1H3,(H,21,26). The van der Waals surface area contributed by atoms with Crippen LogP contribution in [0.25, 0.3) is 0 Å². The summed E-state index contributed by atoms with van der Waals surface area (Å²) < 4.78 is 4.70. The van der Waals surface area contributed by atoms with Crippen LogP contribution in [0.2, 0.25) is 0 Å². The maximum absolute atomic E-state index is 12.5. The van der Waals surface area contributed by atoms with Crippen molar-refractivity contribution in [2.45, 2.75) is 32.1 Å². The predicted molar refractivity (Wildman–Crippen MR) is 102 cm³/mol. The molecule has 2 aliphatic rings. The van der Waals surface area contributed by atoms with Gasteiger partial charge in [0.25, 0.3) is 0 Å². The van der Waals surface area contributed by atoms with Gasteiger partial charge in [-0.15, -0.1) is 0 Å². The highest BCUT2D eigenvalue weighted by atomic mass is 16.5. The second-order valence-electron chi connectivity index (χ2n) is 7.22. The Balaban J connectivity index is 1.47. The number of anilines is 1. The van der Waals surface area contributed by atoms with Crippen molar-refractivity contribution < 1.29 is 19.1 Å². The van der Waals surface area contributed by atoms with Gasteiger partial charge in [-0.2, -0.15) is 0 Å². The van der Waals surface area contributed by atoms with Gasteiger partial charge in [0.15, 0.2) is 0 Å². The Morgan fingerprint density at radius 3 is 2.44 bits per heavy atom. The fourth-order valence-corrected chi connectivity index (χ4v) is 3.73. The molecule has 2 fully saturated rings. The number of ether oxygens (including phenoxy) is 1. The molecule has 146 valence electrons. The number of methoxy groups -OCH3 is 1. The average Bonchev–Trinajstić information content (AvgIpc) is 3.23. The Hall–Kier alpha value is -2.57. The first kappa shape index (κ1) is 19.2. The summed E-state index contributed by atoms with van der Waals surface area (Å²) in [7, 11) is 1.33. The number of carbonyl (C=O) groups is 3. The maximum atomic E-state index is 12.5. The molecule has 1 N–H and O–H groups in total. The van der Waals surface area contributed by atoms with E-state index in [1.165, 1.54) is 7.11 Å². The van der Waals surface area contributed by atoms with Crippen molar-refractivity contribution in [3.63, 3.8) is 0 Å². The number of amides is 3. The van der Waals surface area contributed by atoms with E-state index in [1.807, 2.05) is 4.90 Å². The second kappa shape index (κ2) is 8.88. The van der Waals surface area contributed by atoms with Crippen LogP contribution in [0.5, 0.6) is 0 Å². The minimum absolute atomic E-state index is 0.179. The largest absolute Gasteiger partial charge is 0.465 e. The summed E-state index contributed by atoms with van der Waals surface area (Å²) in [6, 6.07) is 6.51. The molecule has 1 aromatic rings. The van der Waals surface area contributed by atoms with E-state index in [9.17, 15) is 14.4 Å². The molecule has 0 aliphatic carbocycles. The summed E-state index contributed by atoms with van der Waals surface area (Å²) in [6.07, 6.45) is 4.50. The lowest BCUT2D eigenvalue weighted by Gasteiger charge is -2.32. The summed E-state index contributed by atoms with van der Waals surface area (Å²) in [4.78, 5) is 40.1. The average molecular weight is 373 g/mol. The molecule has 2 aliphatic heterocycles. The van der Waals surface area contributed by atoms with Crippen LogP contribution in [0.15, 0.2) is 24.3 Å². The number of urea groups is 1. The van der Waals surface area contributed by atoms with E-state index in [1.54, 1.807) is 29.2 Å². The Bertz CT molecular complexity index is 692. The number of esters is 1. The van der Waals surface area contributed by atoms with Crippen LogP contribution < -0.4 is 5.32 Å². The van der Waals surface area contributed by atoms with Crippen molar-refractivity contribution >= 4 is 23.6 Å². The number of piperidine rings is 1. The smallest absolute Gasteiger partial charge is 0.337 e. The minimum atomic E-state index is -0.436. The van der Waals surface area contributed by atoms with E-state index in [-0.39, 0.29) is 11.9 Å². The molecule has 7 heteroatoms. The predicted octanol–water partition coefficient (Wildman–Crippen LogP) is 2.73. The molecule has 1 aromatic carbocycles. The first-order valence-corrected chi connectivity index (χ1v) is 9.59. The number of nitrogens with zero attached hydrogens (tertiary/aromatic N) is 2. The van der Waals surface area contributed by atoms with Gasteiger partial charge in [-0.05, 0) is 49.8 Å². The number of nitrogens with one attached hydrogen (secondary N) is 1. The molecular weight excluding hydrogens is 346 g/mol. The van der Waals surface area contributed by atoms with Crippen LogP contribution in [-0.2, 0) is 9.53 Å². The molecule has 3 rings (SSSR count). The Morgan fingerprint density at radius 1 is 1.07 bits per heavy atom. The lowest BCUT2D eigenvalue weighted by atomic mass is 9.93. The molecule has 0 unspecified atom stereocenters. The number of rotatable bonds is 4. The van der Waals surface area contributed by atoms with Gasteiger partial charge >= 0.3 is 12.0 Å². The van der Waals surface area contributed by atoms with E-state index in [0.29, 0.717) is 36.7 Å². The molecule has 0 saturated carbocycles. The lowest BCUT2D eigenvalue weighted by molar-refractivity contribution is -0.131. The van der Waals surface area contributed by atoms with Gasteiger partial charge in [0.2, 0.25) is 5.91 Å². The summed E-state index contributed by atoms with van der Waals surface area (Å²) in [5, 5.41) is 2.84. The zero-order valence-corrected chi connectivity index (χ0v) is 15.8. The Labute approximate surface area is 159 Å². The third-order valence-electron chi connectivity index (χ3n) is 5.36. The van der Waals surface area contributed by atoms with Crippen molar-refractivity contribution in [3.8, 4) is 0 Å². The monoisotopic (exact) mass is 373 g/mol. The molecule has 0 spiro atoms. The number of carbonyl (C=O) groups excluding carboxylic acids is 3. The van der Waals surface area contributed by atoms with Crippen LogP contribution in [0.4, 0.5) is 10.5 Å². The molecular formula is C20H27N3O4. The Morgan fingerprint density at radius 2 is 1.78 bits per heavy atom. The summed E-state index contributed by atoms with van der Waals surface area (Å²) in [5.74, 6) is 0.175. The summed E-state index contributed by atoms with van der Waals surface area (Å²) in [5.41, 5.74) is 0.962. The van der Waals surface area contributed by atoms with Crippen molar-refractivity contribution in [1.82, 2.24) is 9.80 Å². The van der Waals surface area contributed by atoms with Gasteiger partial charge in [-0.25, -0.2) is 9.59 Å². The highest BCUT2D eigenvalue weighted by Crippen LogP contribution is 2.23. The van der Waals surface area contributed by atoms with Crippen LogP contribution >= 0.6 is 0 Å². The zero-order chi connectivity index (χ0) is 19.2. The minimum Gasteiger partial charge on any atom is -0.465 e. The maximum Gasteiger partial charge on any atom is 0.337 e. The Kier molecular flexibility index (Phi) is 6.32.